The van der Waals surface area contributed by atoms with Crippen LogP contribution in [0.5, 0.6) is 5.75 Å². The number of hydrogen-bond acceptors (Lipinski definition) is 2. The van der Waals surface area contributed by atoms with E-state index in [1.807, 2.05) is 13.1 Å². The van der Waals surface area contributed by atoms with Crippen LogP contribution >= 0.6 is 15.9 Å². The van der Waals surface area contributed by atoms with E-state index >= 15 is 0 Å². The third kappa shape index (κ3) is 4.14. The number of nitrogens with one attached hydrogen (secondary N) is 1. The van der Waals surface area contributed by atoms with Crippen LogP contribution in [-0.4, -0.2) is 20.7 Å². The highest BCUT2D eigenvalue weighted by Crippen LogP contribution is 2.24. The molecule has 0 aromatic heterocycles. The maximum Gasteiger partial charge on any atom is 0.119 e. The summed E-state index contributed by atoms with van der Waals surface area (Å²) in [6.45, 7) is 3.34. The van der Waals surface area contributed by atoms with Crippen molar-refractivity contribution in [2.24, 2.45) is 5.92 Å². The van der Waals surface area contributed by atoms with Gasteiger partial charge in [-0.25, -0.2) is 0 Å². The molecule has 1 rings (SSSR count). The molecule has 0 spiro atoms. The Hall–Kier alpha value is -0.540. The Kier molecular flexibility index (Phi) is 5.85. The summed E-state index contributed by atoms with van der Waals surface area (Å²) in [6.07, 6.45) is 2.27. The lowest BCUT2D eigenvalue weighted by Crippen LogP contribution is -2.16. The van der Waals surface area contributed by atoms with Crippen molar-refractivity contribution in [3.63, 3.8) is 0 Å². The molecule has 1 N–H and O–H groups in total. The first-order valence-electron chi connectivity index (χ1n) is 5.64. The van der Waals surface area contributed by atoms with E-state index in [2.05, 4.69) is 40.3 Å². The Morgan fingerprint density at radius 2 is 2.19 bits per heavy atom. The molecule has 0 saturated carbocycles. The van der Waals surface area contributed by atoms with Crippen molar-refractivity contribution in [2.45, 2.75) is 19.8 Å². The molecule has 0 heterocycles. The molecular weight excluding hydrogens is 266 g/mol. The molecule has 0 amide bonds. The predicted molar refractivity (Wildman–Crippen MR) is 72.1 cm³/mol. The molecule has 1 aromatic rings. The number of rotatable bonds is 6. The molecule has 0 aliphatic carbocycles. The quantitative estimate of drug-likeness (QED) is 0.866. The SMILES string of the molecule is CNCC(C)CCc1cc(OC)ccc1Br. The molecule has 1 aromatic carbocycles. The van der Waals surface area contributed by atoms with Crippen molar-refractivity contribution < 1.29 is 4.74 Å². The molecule has 3 heteroatoms. The van der Waals surface area contributed by atoms with Gasteiger partial charge in [-0.3, -0.25) is 0 Å². The molecule has 0 aliphatic heterocycles. The van der Waals surface area contributed by atoms with Gasteiger partial charge in [-0.05, 0) is 56.1 Å². The lowest BCUT2D eigenvalue weighted by Gasteiger charge is -2.12. The summed E-state index contributed by atoms with van der Waals surface area (Å²) in [5.41, 5.74) is 1.32. The minimum Gasteiger partial charge on any atom is -0.497 e. The molecule has 2 nitrogen and oxygen atoms in total. The van der Waals surface area contributed by atoms with Gasteiger partial charge in [-0.1, -0.05) is 22.9 Å². The van der Waals surface area contributed by atoms with Gasteiger partial charge in [0.05, 0.1) is 7.11 Å². The average Bonchev–Trinajstić information content (AvgIpc) is 2.28. The fraction of sp³-hybridized carbons (Fsp3) is 0.538. The first-order valence-corrected chi connectivity index (χ1v) is 6.43. The van der Waals surface area contributed by atoms with Gasteiger partial charge in [0.1, 0.15) is 5.75 Å². The highest BCUT2D eigenvalue weighted by atomic mass is 79.9. The summed E-state index contributed by atoms with van der Waals surface area (Å²) in [6, 6.07) is 6.14. The van der Waals surface area contributed by atoms with Crippen molar-refractivity contribution in [2.75, 3.05) is 20.7 Å². The minimum absolute atomic E-state index is 0.697. The summed E-state index contributed by atoms with van der Waals surface area (Å²) in [5, 5.41) is 3.20. The highest BCUT2D eigenvalue weighted by molar-refractivity contribution is 9.10. The van der Waals surface area contributed by atoms with Crippen molar-refractivity contribution in [1.82, 2.24) is 5.32 Å². The third-order valence-electron chi connectivity index (χ3n) is 2.71. The number of ether oxygens (including phenoxy) is 1. The first-order chi connectivity index (χ1) is 7.67. The summed E-state index contributed by atoms with van der Waals surface area (Å²) in [7, 11) is 3.70. The lowest BCUT2D eigenvalue weighted by atomic mass is 10.0. The molecular formula is C13H20BrNO. The van der Waals surface area contributed by atoms with Gasteiger partial charge < -0.3 is 10.1 Å². The molecule has 90 valence electrons. The lowest BCUT2D eigenvalue weighted by molar-refractivity contribution is 0.413. The van der Waals surface area contributed by atoms with Crippen LogP contribution in [0.3, 0.4) is 0 Å². The minimum atomic E-state index is 0.697. The van der Waals surface area contributed by atoms with Gasteiger partial charge in [0, 0.05) is 4.47 Å². The zero-order valence-corrected chi connectivity index (χ0v) is 11.8. The van der Waals surface area contributed by atoms with E-state index in [-0.39, 0.29) is 0 Å². The van der Waals surface area contributed by atoms with E-state index in [1.165, 1.54) is 16.5 Å². The number of benzene rings is 1. The van der Waals surface area contributed by atoms with Gasteiger partial charge in [-0.15, -0.1) is 0 Å². The number of methoxy groups -OCH3 is 1. The van der Waals surface area contributed by atoms with E-state index in [4.69, 9.17) is 4.74 Å². The first kappa shape index (κ1) is 13.5. The second-order valence-electron chi connectivity index (χ2n) is 4.16. The van der Waals surface area contributed by atoms with Crippen molar-refractivity contribution >= 4 is 15.9 Å². The zero-order valence-electron chi connectivity index (χ0n) is 10.2. The smallest absolute Gasteiger partial charge is 0.119 e. The monoisotopic (exact) mass is 285 g/mol. The van der Waals surface area contributed by atoms with Gasteiger partial charge in [-0.2, -0.15) is 0 Å². The summed E-state index contributed by atoms with van der Waals surface area (Å²) < 4.78 is 6.40. The average molecular weight is 286 g/mol. The van der Waals surface area contributed by atoms with Crippen LogP contribution in [-0.2, 0) is 6.42 Å². The number of hydrogen-bond donors (Lipinski definition) is 1. The van der Waals surface area contributed by atoms with Crippen molar-refractivity contribution in [3.8, 4) is 5.75 Å². The zero-order chi connectivity index (χ0) is 12.0. The Bertz CT molecular complexity index is 328. The molecule has 0 bridgehead atoms. The molecule has 16 heavy (non-hydrogen) atoms. The van der Waals surface area contributed by atoms with Crippen molar-refractivity contribution in [1.29, 1.82) is 0 Å². The molecule has 1 unspecified atom stereocenters. The second kappa shape index (κ2) is 6.92. The van der Waals surface area contributed by atoms with E-state index in [0.29, 0.717) is 5.92 Å². The van der Waals surface area contributed by atoms with E-state index < -0.39 is 0 Å². The summed E-state index contributed by atoms with van der Waals surface area (Å²) >= 11 is 3.58. The van der Waals surface area contributed by atoms with Gasteiger partial charge in [0.2, 0.25) is 0 Å². The van der Waals surface area contributed by atoms with Crippen LogP contribution in [0.2, 0.25) is 0 Å². The van der Waals surface area contributed by atoms with Gasteiger partial charge in [0.15, 0.2) is 0 Å². The van der Waals surface area contributed by atoms with E-state index in [0.717, 1.165) is 18.7 Å². The largest absolute Gasteiger partial charge is 0.497 e. The summed E-state index contributed by atoms with van der Waals surface area (Å²) in [4.78, 5) is 0. The van der Waals surface area contributed by atoms with Crippen LogP contribution in [0.25, 0.3) is 0 Å². The molecule has 0 radical (unpaired) electrons. The fourth-order valence-corrected chi connectivity index (χ4v) is 2.17. The normalized spacial score (nSPS) is 12.5. The number of halogens is 1. The molecule has 0 aliphatic rings. The van der Waals surface area contributed by atoms with Crippen LogP contribution in [0.4, 0.5) is 0 Å². The van der Waals surface area contributed by atoms with E-state index in [9.17, 15) is 0 Å². The Labute approximate surface area is 107 Å². The summed E-state index contributed by atoms with van der Waals surface area (Å²) in [5.74, 6) is 1.63. The number of aryl methyl sites for hydroxylation is 1. The van der Waals surface area contributed by atoms with Crippen LogP contribution < -0.4 is 10.1 Å². The standard InChI is InChI=1S/C13H20BrNO/c1-10(9-15-2)4-5-11-8-12(16-3)6-7-13(11)14/h6-8,10,15H,4-5,9H2,1-3H3. The maximum atomic E-state index is 5.23. The predicted octanol–water partition coefficient (Wildman–Crippen LogP) is 3.25. The van der Waals surface area contributed by atoms with Crippen LogP contribution in [0.15, 0.2) is 22.7 Å². The highest BCUT2D eigenvalue weighted by Gasteiger charge is 2.05. The third-order valence-corrected chi connectivity index (χ3v) is 3.49. The van der Waals surface area contributed by atoms with Gasteiger partial charge in [0.25, 0.3) is 0 Å². The molecule has 0 saturated heterocycles. The van der Waals surface area contributed by atoms with Gasteiger partial charge >= 0.3 is 0 Å². The van der Waals surface area contributed by atoms with Crippen molar-refractivity contribution in [3.05, 3.63) is 28.2 Å². The van der Waals surface area contributed by atoms with Crippen LogP contribution in [0.1, 0.15) is 18.9 Å². The Morgan fingerprint density at radius 3 is 2.81 bits per heavy atom. The molecule has 1 atom stereocenters. The Morgan fingerprint density at radius 1 is 1.44 bits per heavy atom. The fourth-order valence-electron chi connectivity index (χ4n) is 1.72. The van der Waals surface area contributed by atoms with Crippen LogP contribution in [0, 0.1) is 5.92 Å². The Balaban J connectivity index is 2.58. The maximum absolute atomic E-state index is 5.23. The van der Waals surface area contributed by atoms with E-state index in [1.54, 1.807) is 7.11 Å². The second-order valence-corrected chi connectivity index (χ2v) is 5.01. The molecule has 0 fully saturated rings. The topological polar surface area (TPSA) is 21.3 Å².